The predicted octanol–water partition coefficient (Wildman–Crippen LogP) is -2.53. The van der Waals surface area contributed by atoms with Crippen molar-refractivity contribution in [2.75, 3.05) is 12.3 Å². The number of aromatic nitrogens is 3. The minimum Gasteiger partial charge on any atom is -0.388 e. The first-order valence-corrected chi connectivity index (χ1v) is 4.28. The molecule has 1 aromatic rings. The van der Waals surface area contributed by atoms with E-state index in [1.165, 1.54) is 0 Å². The van der Waals surface area contributed by atoms with Crippen molar-refractivity contribution in [2.24, 2.45) is 0 Å². The van der Waals surface area contributed by atoms with Gasteiger partial charge >= 0.3 is 5.69 Å². The van der Waals surface area contributed by atoms with Crippen LogP contribution in [0.3, 0.4) is 0 Å². The van der Waals surface area contributed by atoms with Gasteiger partial charge in [0.2, 0.25) is 5.95 Å². The van der Waals surface area contributed by atoms with Gasteiger partial charge < -0.3 is 20.7 Å². The van der Waals surface area contributed by atoms with Gasteiger partial charge in [-0.2, -0.15) is 4.98 Å². The molecule has 15 heavy (non-hydrogen) atoms. The van der Waals surface area contributed by atoms with Crippen LogP contribution in [0.5, 0.6) is 0 Å². The summed E-state index contributed by atoms with van der Waals surface area (Å²) in [6.45, 7) is -0.0390. The molecule has 2 rings (SSSR count). The number of aliphatic hydroxyl groups is 2. The molecule has 1 aliphatic rings. The van der Waals surface area contributed by atoms with Crippen molar-refractivity contribution < 1.29 is 14.9 Å². The average molecular weight is 214 g/mol. The lowest BCUT2D eigenvalue weighted by Gasteiger charge is -2.16. The Kier molecular flexibility index (Phi) is 2.39. The molecular weight excluding hydrogens is 204 g/mol. The van der Waals surface area contributed by atoms with Gasteiger partial charge in [-0.05, 0) is 0 Å². The fraction of sp³-hybridized carbons (Fsp3) is 0.571. The maximum absolute atomic E-state index is 11.3. The van der Waals surface area contributed by atoms with Crippen molar-refractivity contribution in [1.29, 1.82) is 0 Å². The van der Waals surface area contributed by atoms with Gasteiger partial charge in [-0.15, -0.1) is 0 Å². The number of nitrogens with two attached hydrogens (primary N) is 1. The number of aliphatic hydroxyl groups excluding tert-OH is 2. The summed E-state index contributed by atoms with van der Waals surface area (Å²) >= 11 is 0. The third kappa shape index (κ3) is 1.69. The number of nitrogens with zero attached hydrogens (tertiary/aromatic N) is 3. The molecular formula is C7H10N4O4. The van der Waals surface area contributed by atoms with Gasteiger partial charge in [0, 0.05) is 0 Å². The minimum atomic E-state index is -1.17. The van der Waals surface area contributed by atoms with Crippen LogP contribution in [0.2, 0.25) is 0 Å². The normalized spacial score (nSPS) is 30.7. The first-order chi connectivity index (χ1) is 7.09. The number of nitrogen functional groups attached to an aromatic ring is 1. The molecule has 1 aromatic heterocycles. The van der Waals surface area contributed by atoms with Gasteiger partial charge in [-0.1, -0.05) is 0 Å². The summed E-state index contributed by atoms with van der Waals surface area (Å²) in [5, 5.41) is 18.7. The zero-order valence-electron chi connectivity index (χ0n) is 7.65. The van der Waals surface area contributed by atoms with Crippen LogP contribution in [0.4, 0.5) is 5.95 Å². The average Bonchev–Trinajstić information content (AvgIpc) is 2.49. The van der Waals surface area contributed by atoms with E-state index in [1.807, 2.05) is 0 Å². The highest BCUT2D eigenvalue weighted by Gasteiger charge is 2.36. The van der Waals surface area contributed by atoms with E-state index in [0.29, 0.717) is 0 Å². The molecule has 82 valence electrons. The number of rotatable bonds is 1. The zero-order chi connectivity index (χ0) is 11.0. The van der Waals surface area contributed by atoms with Gasteiger partial charge in [0.15, 0.2) is 6.23 Å². The van der Waals surface area contributed by atoms with Crippen LogP contribution in [0.15, 0.2) is 11.1 Å². The monoisotopic (exact) mass is 214 g/mol. The van der Waals surface area contributed by atoms with E-state index in [2.05, 4.69) is 9.97 Å². The third-order valence-electron chi connectivity index (χ3n) is 2.14. The lowest BCUT2D eigenvalue weighted by atomic mass is 10.2. The van der Waals surface area contributed by atoms with Crippen LogP contribution < -0.4 is 11.4 Å². The molecule has 0 aromatic carbocycles. The molecule has 1 saturated heterocycles. The predicted molar refractivity (Wildman–Crippen MR) is 47.7 cm³/mol. The molecule has 3 atom stereocenters. The van der Waals surface area contributed by atoms with Crippen molar-refractivity contribution in [3.05, 3.63) is 16.8 Å². The molecule has 0 saturated carbocycles. The minimum absolute atomic E-state index is 0.0390. The van der Waals surface area contributed by atoms with Crippen LogP contribution >= 0.6 is 0 Å². The Labute approximate surface area is 84.0 Å². The Morgan fingerprint density at radius 1 is 1.60 bits per heavy atom. The molecule has 8 heteroatoms. The van der Waals surface area contributed by atoms with Gasteiger partial charge in [0.05, 0.1) is 6.61 Å². The Bertz CT molecular complexity index is 420. The van der Waals surface area contributed by atoms with Crippen molar-refractivity contribution in [2.45, 2.75) is 18.4 Å². The fourth-order valence-corrected chi connectivity index (χ4v) is 1.36. The highest BCUT2D eigenvalue weighted by atomic mass is 16.5. The van der Waals surface area contributed by atoms with E-state index in [4.69, 9.17) is 10.5 Å². The summed E-state index contributed by atoms with van der Waals surface area (Å²) < 4.78 is 6.01. The van der Waals surface area contributed by atoms with E-state index in [-0.39, 0.29) is 12.6 Å². The van der Waals surface area contributed by atoms with Crippen LogP contribution in [0.1, 0.15) is 6.23 Å². The van der Waals surface area contributed by atoms with E-state index in [9.17, 15) is 15.0 Å². The number of hydrogen-bond donors (Lipinski definition) is 3. The number of anilines is 1. The maximum atomic E-state index is 11.3. The SMILES string of the molecule is Nc1ncn([C@@H]2OCC(O)C2O)c(=O)n1. The summed E-state index contributed by atoms with van der Waals surface area (Å²) in [6.07, 6.45) is -2.03. The second-order valence-electron chi connectivity index (χ2n) is 3.19. The highest BCUT2D eigenvalue weighted by molar-refractivity contribution is 5.09. The smallest absolute Gasteiger partial charge is 0.354 e. The van der Waals surface area contributed by atoms with E-state index >= 15 is 0 Å². The molecule has 0 amide bonds. The van der Waals surface area contributed by atoms with Crippen molar-refractivity contribution >= 4 is 5.95 Å². The standard InChI is InChI=1S/C7H10N4O4/c8-6-9-2-11(7(14)10-6)5-4(13)3(12)1-15-5/h2-5,12-13H,1H2,(H2,8,10,14)/t3?,4?,5-/m1/s1. The van der Waals surface area contributed by atoms with Crippen molar-refractivity contribution in [3.63, 3.8) is 0 Å². The molecule has 2 unspecified atom stereocenters. The summed E-state index contributed by atoms with van der Waals surface area (Å²) in [5.74, 6) is -0.149. The number of hydrogen-bond acceptors (Lipinski definition) is 7. The van der Waals surface area contributed by atoms with Gasteiger partial charge in [-0.25, -0.2) is 9.78 Å². The lowest BCUT2D eigenvalue weighted by molar-refractivity contribution is -0.0217. The third-order valence-corrected chi connectivity index (χ3v) is 2.14. The van der Waals surface area contributed by atoms with E-state index in [1.54, 1.807) is 0 Å². The molecule has 0 spiro atoms. The van der Waals surface area contributed by atoms with E-state index < -0.39 is 24.1 Å². The molecule has 0 bridgehead atoms. The van der Waals surface area contributed by atoms with Crippen LogP contribution in [-0.4, -0.2) is 43.6 Å². The largest absolute Gasteiger partial charge is 0.388 e. The Balaban J connectivity index is 2.34. The molecule has 1 fully saturated rings. The second kappa shape index (κ2) is 3.57. The summed E-state index contributed by atoms with van der Waals surface area (Å²) in [6, 6.07) is 0. The maximum Gasteiger partial charge on any atom is 0.354 e. The number of ether oxygens (including phenoxy) is 1. The molecule has 8 nitrogen and oxygen atoms in total. The summed E-state index contributed by atoms with van der Waals surface area (Å²) in [4.78, 5) is 18.3. The quantitative estimate of drug-likeness (QED) is 0.471. The van der Waals surface area contributed by atoms with Crippen molar-refractivity contribution in [3.8, 4) is 0 Å². The Morgan fingerprint density at radius 2 is 2.33 bits per heavy atom. The lowest BCUT2D eigenvalue weighted by Crippen LogP contribution is -2.35. The highest BCUT2D eigenvalue weighted by Crippen LogP contribution is 2.21. The first kappa shape index (κ1) is 10.0. The summed E-state index contributed by atoms with van der Waals surface area (Å²) in [7, 11) is 0. The Hall–Kier alpha value is -1.51. The molecule has 2 heterocycles. The fourth-order valence-electron chi connectivity index (χ4n) is 1.36. The second-order valence-corrected chi connectivity index (χ2v) is 3.19. The first-order valence-electron chi connectivity index (χ1n) is 4.28. The van der Waals surface area contributed by atoms with Crippen LogP contribution in [-0.2, 0) is 4.74 Å². The van der Waals surface area contributed by atoms with Gasteiger partial charge in [0.25, 0.3) is 0 Å². The molecule has 0 radical (unpaired) electrons. The van der Waals surface area contributed by atoms with Crippen molar-refractivity contribution in [1.82, 2.24) is 14.5 Å². The topological polar surface area (TPSA) is 123 Å². The molecule has 1 aliphatic heterocycles. The summed E-state index contributed by atoms with van der Waals surface area (Å²) in [5.41, 5.74) is 4.52. The van der Waals surface area contributed by atoms with Gasteiger partial charge in [-0.3, -0.25) is 4.57 Å². The zero-order valence-corrected chi connectivity index (χ0v) is 7.65. The van der Waals surface area contributed by atoms with E-state index in [0.717, 1.165) is 10.9 Å². The van der Waals surface area contributed by atoms with Crippen LogP contribution in [0, 0.1) is 0 Å². The van der Waals surface area contributed by atoms with Crippen LogP contribution in [0.25, 0.3) is 0 Å². The Morgan fingerprint density at radius 3 is 2.87 bits per heavy atom. The molecule has 4 N–H and O–H groups in total. The molecule has 0 aliphatic carbocycles. The van der Waals surface area contributed by atoms with Gasteiger partial charge in [0.1, 0.15) is 18.5 Å².